The quantitative estimate of drug-likeness (QED) is 0.733. The number of carbonyl (C=O) groups excluding carboxylic acids is 1. The van der Waals surface area contributed by atoms with Crippen molar-refractivity contribution in [2.45, 2.75) is 52.6 Å². The lowest BCUT2D eigenvalue weighted by Crippen LogP contribution is -2.31. The fourth-order valence-corrected chi connectivity index (χ4v) is 2.57. The van der Waals surface area contributed by atoms with Gasteiger partial charge in [0.2, 0.25) is 0 Å². The predicted octanol–water partition coefficient (Wildman–Crippen LogP) is 2.35. The first-order chi connectivity index (χ1) is 7.63. The second-order valence-corrected chi connectivity index (χ2v) is 4.90. The average molecular weight is 227 g/mol. The van der Waals surface area contributed by atoms with E-state index in [9.17, 15) is 4.79 Å². The van der Waals surface area contributed by atoms with Gasteiger partial charge in [-0.2, -0.15) is 0 Å². The van der Waals surface area contributed by atoms with Crippen molar-refractivity contribution in [1.29, 1.82) is 0 Å². The second-order valence-electron chi connectivity index (χ2n) is 4.90. The van der Waals surface area contributed by atoms with Gasteiger partial charge in [-0.3, -0.25) is 4.79 Å². The Labute approximate surface area is 98.9 Å². The molecule has 1 saturated carbocycles. The third-order valence-electron chi connectivity index (χ3n) is 3.59. The maximum Gasteiger partial charge on any atom is 0.302 e. The molecule has 3 nitrogen and oxygen atoms in total. The first-order valence-corrected chi connectivity index (χ1v) is 6.51. The fourth-order valence-electron chi connectivity index (χ4n) is 2.57. The van der Waals surface area contributed by atoms with Crippen molar-refractivity contribution in [1.82, 2.24) is 5.32 Å². The largest absolute Gasteiger partial charge is 0.463 e. The summed E-state index contributed by atoms with van der Waals surface area (Å²) < 4.78 is 5.25. The zero-order valence-electron chi connectivity index (χ0n) is 10.8. The van der Waals surface area contributed by atoms with Crippen LogP contribution in [0.15, 0.2) is 0 Å². The molecule has 0 saturated heterocycles. The Morgan fingerprint density at radius 3 is 2.50 bits per heavy atom. The van der Waals surface area contributed by atoms with E-state index in [2.05, 4.69) is 12.2 Å². The molecule has 1 atom stereocenters. The summed E-state index contributed by atoms with van der Waals surface area (Å²) >= 11 is 0. The topological polar surface area (TPSA) is 38.3 Å². The number of ether oxygens (including phenoxy) is 1. The van der Waals surface area contributed by atoms with Crippen molar-refractivity contribution < 1.29 is 9.53 Å². The number of esters is 1. The highest BCUT2D eigenvalue weighted by atomic mass is 16.5. The Kier molecular flexibility index (Phi) is 5.81. The van der Waals surface area contributed by atoms with Crippen LogP contribution in [0.5, 0.6) is 0 Å². The monoisotopic (exact) mass is 227 g/mol. The third-order valence-corrected chi connectivity index (χ3v) is 3.59. The van der Waals surface area contributed by atoms with Crippen LogP contribution in [0.1, 0.15) is 46.5 Å². The Morgan fingerprint density at radius 2 is 2.00 bits per heavy atom. The van der Waals surface area contributed by atoms with Gasteiger partial charge >= 0.3 is 5.97 Å². The normalized spacial score (nSPS) is 27.4. The number of hydrogen-bond donors (Lipinski definition) is 1. The Balaban J connectivity index is 2.23. The van der Waals surface area contributed by atoms with Crippen molar-refractivity contribution in [2.75, 3.05) is 13.1 Å². The molecule has 0 bridgehead atoms. The Bertz CT molecular complexity index is 210. The van der Waals surface area contributed by atoms with Crippen LogP contribution in [-0.4, -0.2) is 25.2 Å². The van der Waals surface area contributed by atoms with Crippen molar-refractivity contribution in [3.05, 3.63) is 0 Å². The van der Waals surface area contributed by atoms with Gasteiger partial charge in [-0.1, -0.05) is 6.92 Å². The third kappa shape index (κ3) is 4.52. The molecule has 0 heterocycles. The minimum atomic E-state index is -0.151. The maximum atomic E-state index is 10.9. The highest BCUT2D eigenvalue weighted by Gasteiger charge is 2.26. The van der Waals surface area contributed by atoms with Gasteiger partial charge in [-0.15, -0.1) is 0 Å². The van der Waals surface area contributed by atoms with Crippen LogP contribution >= 0.6 is 0 Å². The van der Waals surface area contributed by atoms with Crippen molar-refractivity contribution in [3.8, 4) is 0 Å². The summed E-state index contributed by atoms with van der Waals surface area (Å²) in [5, 5.41) is 3.41. The molecular formula is C13H25NO2. The molecule has 16 heavy (non-hydrogen) atoms. The van der Waals surface area contributed by atoms with Crippen molar-refractivity contribution in [2.24, 2.45) is 11.8 Å². The summed E-state index contributed by atoms with van der Waals surface area (Å²) in [7, 11) is 0. The Morgan fingerprint density at radius 1 is 1.38 bits per heavy atom. The maximum absolute atomic E-state index is 10.9. The van der Waals surface area contributed by atoms with Gasteiger partial charge in [0.05, 0.1) is 0 Å². The van der Waals surface area contributed by atoms with Gasteiger partial charge in [0.1, 0.15) is 6.10 Å². The number of carbonyl (C=O) groups is 1. The second kappa shape index (κ2) is 6.89. The summed E-state index contributed by atoms with van der Waals surface area (Å²) in [6.45, 7) is 7.87. The lowest BCUT2D eigenvalue weighted by Gasteiger charge is -2.31. The van der Waals surface area contributed by atoms with Gasteiger partial charge in [-0.05, 0) is 57.5 Å². The zero-order chi connectivity index (χ0) is 12.0. The van der Waals surface area contributed by atoms with Crippen LogP contribution in [0.2, 0.25) is 0 Å². The molecule has 0 radical (unpaired) electrons. The average Bonchev–Trinajstić information content (AvgIpc) is 2.26. The summed E-state index contributed by atoms with van der Waals surface area (Å²) in [6, 6.07) is 0. The van der Waals surface area contributed by atoms with E-state index >= 15 is 0 Å². The molecule has 0 spiro atoms. The lowest BCUT2D eigenvalue weighted by molar-refractivity contribution is -0.148. The fraction of sp³-hybridized carbons (Fsp3) is 0.923. The van der Waals surface area contributed by atoms with Gasteiger partial charge in [0.15, 0.2) is 0 Å². The van der Waals surface area contributed by atoms with E-state index in [1.165, 1.54) is 32.6 Å². The molecule has 1 fully saturated rings. The summed E-state index contributed by atoms with van der Waals surface area (Å²) in [6.07, 6.45) is 5.03. The van der Waals surface area contributed by atoms with Gasteiger partial charge in [-0.25, -0.2) is 0 Å². The van der Waals surface area contributed by atoms with E-state index in [4.69, 9.17) is 4.74 Å². The molecule has 1 N–H and O–H groups in total. The standard InChI is InChI=1S/C13H25NO2/c1-4-14-9-12-5-7-13(8-6-12)10(2)16-11(3)15/h10,12-14H,4-9H2,1-3H3. The van der Waals surface area contributed by atoms with E-state index in [-0.39, 0.29) is 12.1 Å². The predicted molar refractivity (Wildman–Crippen MR) is 65.2 cm³/mol. The molecule has 0 aliphatic heterocycles. The van der Waals surface area contributed by atoms with Crippen molar-refractivity contribution >= 4 is 5.97 Å². The molecule has 0 amide bonds. The molecule has 0 aromatic rings. The van der Waals surface area contributed by atoms with Crippen LogP contribution in [0, 0.1) is 11.8 Å². The minimum Gasteiger partial charge on any atom is -0.463 e. The molecule has 3 heteroatoms. The van der Waals surface area contributed by atoms with Crippen molar-refractivity contribution in [3.63, 3.8) is 0 Å². The highest BCUT2D eigenvalue weighted by molar-refractivity contribution is 5.66. The molecule has 1 aliphatic carbocycles. The van der Waals surface area contributed by atoms with E-state index in [0.717, 1.165) is 19.0 Å². The van der Waals surface area contributed by atoms with Gasteiger partial charge < -0.3 is 10.1 Å². The van der Waals surface area contributed by atoms with Gasteiger partial charge in [0, 0.05) is 6.92 Å². The lowest BCUT2D eigenvalue weighted by atomic mass is 9.79. The summed E-state index contributed by atoms with van der Waals surface area (Å²) in [5.74, 6) is 1.24. The van der Waals surface area contributed by atoms with Crippen LogP contribution in [0.25, 0.3) is 0 Å². The first kappa shape index (κ1) is 13.5. The number of nitrogens with one attached hydrogen (secondary N) is 1. The molecule has 0 aromatic heterocycles. The highest BCUT2D eigenvalue weighted by Crippen LogP contribution is 2.31. The van der Waals surface area contributed by atoms with Crippen LogP contribution in [0.4, 0.5) is 0 Å². The summed E-state index contributed by atoms with van der Waals surface area (Å²) in [4.78, 5) is 10.9. The molecule has 1 aliphatic rings. The smallest absolute Gasteiger partial charge is 0.302 e. The van der Waals surface area contributed by atoms with Crippen LogP contribution < -0.4 is 5.32 Å². The van der Waals surface area contributed by atoms with Gasteiger partial charge in [0.25, 0.3) is 0 Å². The first-order valence-electron chi connectivity index (χ1n) is 6.51. The van der Waals surface area contributed by atoms with Crippen LogP contribution in [0.3, 0.4) is 0 Å². The van der Waals surface area contributed by atoms with E-state index in [0.29, 0.717) is 5.92 Å². The molecule has 94 valence electrons. The molecule has 0 aromatic carbocycles. The SMILES string of the molecule is CCNCC1CCC(C(C)OC(C)=O)CC1. The zero-order valence-corrected chi connectivity index (χ0v) is 10.8. The molecular weight excluding hydrogens is 202 g/mol. The van der Waals surface area contributed by atoms with E-state index < -0.39 is 0 Å². The Hall–Kier alpha value is -0.570. The number of rotatable bonds is 5. The summed E-state index contributed by atoms with van der Waals surface area (Å²) in [5.41, 5.74) is 0. The van der Waals surface area contributed by atoms with Crippen LogP contribution in [-0.2, 0) is 9.53 Å². The van der Waals surface area contributed by atoms with E-state index in [1.54, 1.807) is 0 Å². The number of hydrogen-bond acceptors (Lipinski definition) is 3. The molecule has 1 rings (SSSR count). The molecule has 1 unspecified atom stereocenters. The minimum absolute atomic E-state index is 0.0950. The van der Waals surface area contributed by atoms with E-state index in [1.807, 2.05) is 6.92 Å².